The Morgan fingerprint density at radius 2 is 1.76 bits per heavy atom. The topological polar surface area (TPSA) is 63.6 Å². The SMILES string of the molecule is C[C@H](CCC(=O)OCC[Si](C)(C)C)[C@H]1CC[C@H]2[C@@H]3C(=O)C[C@@H]4C[C@H](O)CC[C@]4(C)[C@H]3CC[C@]12C. The molecule has 0 saturated heterocycles. The van der Waals surface area contributed by atoms with Crippen LogP contribution in [0, 0.1) is 46.3 Å². The molecule has 9 atom stereocenters. The number of carbonyl (C=O) groups excluding carboxylic acids is 2. The molecule has 0 radical (unpaired) electrons. The van der Waals surface area contributed by atoms with E-state index in [-0.39, 0.29) is 28.8 Å². The molecule has 4 rings (SSSR count). The van der Waals surface area contributed by atoms with E-state index in [4.69, 9.17) is 4.74 Å². The molecule has 0 aromatic carbocycles. The molecule has 0 aromatic rings. The monoisotopic (exact) mass is 490 g/mol. The Morgan fingerprint density at radius 1 is 1.09 bits per heavy atom. The molecular formula is C29H50O4Si. The lowest BCUT2D eigenvalue weighted by atomic mass is 9.44. The molecule has 4 saturated carbocycles. The maximum atomic E-state index is 13.5. The van der Waals surface area contributed by atoms with Crippen LogP contribution in [-0.4, -0.2) is 37.6 Å². The molecule has 0 unspecified atom stereocenters. The highest BCUT2D eigenvalue weighted by atomic mass is 28.3. The van der Waals surface area contributed by atoms with Crippen molar-refractivity contribution in [3.63, 3.8) is 0 Å². The highest BCUT2D eigenvalue weighted by molar-refractivity contribution is 6.76. The number of hydrogen-bond acceptors (Lipinski definition) is 4. The minimum Gasteiger partial charge on any atom is -0.466 e. The van der Waals surface area contributed by atoms with Gasteiger partial charge in [-0.1, -0.05) is 40.4 Å². The predicted octanol–water partition coefficient (Wildman–Crippen LogP) is 6.48. The number of rotatable bonds is 7. The third-order valence-electron chi connectivity index (χ3n) is 11.1. The van der Waals surface area contributed by atoms with Gasteiger partial charge in [-0.3, -0.25) is 9.59 Å². The van der Waals surface area contributed by atoms with E-state index in [0.29, 0.717) is 54.8 Å². The molecule has 0 bridgehead atoms. The lowest BCUT2D eigenvalue weighted by Gasteiger charge is -2.60. The van der Waals surface area contributed by atoms with E-state index < -0.39 is 8.07 Å². The lowest BCUT2D eigenvalue weighted by molar-refractivity contribution is -0.160. The van der Waals surface area contributed by atoms with Crippen LogP contribution in [0.2, 0.25) is 25.7 Å². The molecule has 0 spiro atoms. The molecule has 4 nitrogen and oxygen atoms in total. The van der Waals surface area contributed by atoms with Crippen molar-refractivity contribution in [2.75, 3.05) is 6.61 Å². The largest absolute Gasteiger partial charge is 0.466 e. The minimum absolute atomic E-state index is 0.0329. The van der Waals surface area contributed by atoms with E-state index in [0.717, 1.165) is 38.1 Å². The average molecular weight is 491 g/mol. The van der Waals surface area contributed by atoms with E-state index in [1.165, 1.54) is 19.3 Å². The number of hydrogen-bond donors (Lipinski definition) is 1. The van der Waals surface area contributed by atoms with Crippen LogP contribution in [0.4, 0.5) is 0 Å². The van der Waals surface area contributed by atoms with Crippen molar-refractivity contribution in [2.24, 2.45) is 46.3 Å². The fourth-order valence-corrected chi connectivity index (χ4v) is 9.69. The number of Topliss-reactive ketones (excluding diaryl/α,β-unsaturated/α-hetero) is 1. The molecule has 4 fully saturated rings. The fourth-order valence-electron chi connectivity index (χ4n) is 8.97. The predicted molar refractivity (Wildman–Crippen MR) is 139 cm³/mol. The van der Waals surface area contributed by atoms with E-state index in [1.807, 2.05) is 0 Å². The van der Waals surface area contributed by atoms with Crippen molar-refractivity contribution in [1.82, 2.24) is 0 Å². The number of aliphatic hydroxyl groups excluding tert-OH is 1. The van der Waals surface area contributed by atoms with E-state index >= 15 is 0 Å². The number of carbonyl (C=O) groups is 2. The summed E-state index contributed by atoms with van der Waals surface area (Å²) in [7, 11) is -1.18. The van der Waals surface area contributed by atoms with Crippen molar-refractivity contribution in [1.29, 1.82) is 0 Å². The first kappa shape index (κ1) is 26.4. The van der Waals surface area contributed by atoms with E-state index in [2.05, 4.69) is 40.4 Å². The van der Waals surface area contributed by atoms with Gasteiger partial charge in [0.05, 0.1) is 12.7 Å². The summed E-state index contributed by atoms with van der Waals surface area (Å²) >= 11 is 0. The second-order valence-corrected chi connectivity index (χ2v) is 19.9. The zero-order valence-corrected chi connectivity index (χ0v) is 23.7. The minimum atomic E-state index is -1.18. The normalized spacial score (nSPS) is 43.0. The first-order chi connectivity index (χ1) is 15.8. The lowest BCUT2D eigenvalue weighted by Crippen LogP contribution is -2.57. The van der Waals surface area contributed by atoms with Crippen LogP contribution >= 0.6 is 0 Å². The summed E-state index contributed by atoms with van der Waals surface area (Å²) in [5.74, 6) is 3.14. The Bertz CT molecular complexity index is 775. The number of esters is 1. The van der Waals surface area contributed by atoms with Gasteiger partial charge in [0, 0.05) is 26.8 Å². The summed E-state index contributed by atoms with van der Waals surface area (Å²) in [6.45, 7) is 14.8. The van der Waals surface area contributed by atoms with Crippen molar-refractivity contribution >= 4 is 19.8 Å². The molecule has 194 valence electrons. The quantitative estimate of drug-likeness (QED) is 0.327. The molecule has 34 heavy (non-hydrogen) atoms. The third-order valence-corrected chi connectivity index (χ3v) is 12.8. The van der Waals surface area contributed by atoms with Crippen LogP contribution in [0.1, 0.15) is 85.0 Å². The fraction of sp³-hybridized carbons (Fsp3) is 0.931. The summed E-state index contributed by atoms with van der Waals surface area (Å²) in [5, 5.41) is 10.3. The van der Waals surface area contributed by atoms with Crippen LogP contribution in [0.15, 0.2) is 0 Å². The van der Waals surface area contributed by atoms with Gasteiger partial charge in [-0.2, -0.15) is 0 Å². The van der Waals surface area contributed by atoms with Crippen LogP contribution in [0.25, 0.3) is 0 Å². The summed E-state index contributed by atoms with van der Waals surface area (Å²) in [4.78, 5) is 25.9. The van der Waals surface area contributed by atoms with Crippen LogP contribution in [-0.2, 0) is 14.3 Å². The third kappa shape index (κ3) is 4.94. The van der Waals surface area contributed by atoms with Gasteiger partial charge >= 0.3 is 5.97 Å². The average Bonchev–Trinajstić information content (AvgIpc) is 3.09. The van der Waals surface area contributed by atoms with Crippen molar-refractivity contribution < 1.29 is 19.4 Å². The molecular weight excluding hydrogens is 440 g/mol. The number of ether oxygens (including phenoxy) is 1. The maximum absolute atomic E-state index is 13.5. The van der Waals surface area contributed by atoms with Crippen LogP contribution < -0.4 is 0 Å². The number of ketones is 1. The smallest absolute Gasteiger partial charge is 0.305 e. The van der Waals surface area contributed by atoms with Gasteiger partial charge in [0.1, 0.15) is 5.78 Å². The molecule has 5 heteroatoms. The molecule has 4 aliphatic carbocycles. The van der Waals surface area contributed by atoms with Crippen LogP contribution in [0.5, 0.6) is 0 Å². The first-order valence-electron chi connectivity index (χ1n) is 14.2. The van der Waals surface area contributed by atoms with Crippen molar-refractivity contribution in [3.05, 3.63) is 0 Å². The van der Waals surface area contributed by atoms with E-state index in [1.54, 1.807) is 0 Å². The Morgan fingerprint density at radius 3 is 2.47 bits per heavy atom. The summed E-state index contributed by atoms with van der Waals surface area (Å²) in [6, 6.07) is 1.03. The molecule has 0 heterocycles. The molecule has 0 aromatic heterocycles. The number of aliphatic hydroxyl groups is 1. The van der Waals surface area contributed by atoms with E-state index in [9.17, 15) is 14.7 Å². The Kier molecular flexibility index (Phi) is 7.49. The number of fused-ring (bicyclic) bond motifs is 5. The standard InChI is InChI=1S/C29H50O4Si/c1-19(7-10-26(32)33-15-16-34(4,5)6)22-8-9-23-27-24(12-14-29(22,23)3)28(2)13-11-21(30)17-20(28)18-25(27)31/h19-24,27,30H,7-18H2,1-6H3/t19-,20+,21-,22-,23+,24+,27+,28+,29-/m1/s1. The second kappa shape index (κ2) is 9.65. The zero-order valence-electron chi connectivity index (χ0n) is 22.7. The maximum Gasteiger partial charge on any atom is 0.305 e. The van der Waals surface area contributed by atoms with Crippen molar-refractivity contribution in [2.45, 2.75) is 117 Å². The first-order valence-corrected chi connectivity index (χ1v) is 17.9. The molecule has 0 aliphatic heterocycles. The van der Waals surface area contributed by atoms with Gasteiger partial charge in [0.25, 0.3) is 0 Å². The molecule has 0 amide bonds. The van der Waals surface area contributed by atoms with Gasteiger partial charge in [0.15, 0.2) is 0 Å². The second-order valence-electron chi connectivity index (χ2n) is 14.3. The van der Waals surface area contributed by atoms with Gasteiger partial charge in [-0.15, -0.1) is 0 Å². The molecule has 1 N–H and O–H groups in total. The van der Waals surface area contributed by atoms with Crippen LogP contribution in [0.3, 0.4) is 0 Å². The highest BCUT2D eigenvalue weighted by Gasteiger charge is 2.63. The Balaban J connectivity index is 1.38. The van der Waals surface area contributed by atoms with Gasteiger partial charge < -0.3 is 9.84 Å². The summed E-state index contributed by atoms with van der Waals surface area (Å²) in [5.41, 5.74) is 0.442. The zero-order chi connectivity index (χ0) is 24.9. The Labute approximate surface area is 209 Å². The van der Waals surface area contributed by atoms with Gasteiger partial charge in [-0.05, 0) is 97.8 Å². The molecule has 4 aliphatic rings. The van der Waals surface area contributed by atoms with Crippen molar-refractivity contribution in [3.8, 4) is 0 Å². The Hall–Kier alpha value is -0.683. The van der Waals surface area contributed by atoms with Gasteiger partial charge in [0.2, 0.25) is 0 Å². The summed E-state index contributed by atoms with van der Waals surface area (Å²) in [6.07, 6.45) is 9.44. The van der Waals surface area contributed by atoms with Gasteiger partial charge in [-0.25, -0.2) is 0 Å². The highest BCUT2D eigenvalue weighted by Crippen LogP contribution is 2.67. The summed E-state index contributed by atoms with van der Waals surface area (Å²) < 4.78 is 5.55.